The van der Waals surface area contributed by atoms with Gasteiger partial charge in [-0.25, -0.2) is 4.39 Å². The number of thioether (sulfide) groups is 1. The fraction of sp³-hybridized carbons (Fsp3) is 0.333. The first-order valence-corrected chi connectivity index (χ1v) is 12.6. The molecule has 0 aliphatic carbocycles. The molecule has 10 heteroatoms. The first-order chi connectivity index (χ1) is 16.6. The molecule has 34 heavy (non-hydrogen) atoms. The molecule has 0 spiro atoms. The third kappa shape index (κ3) is 4.87. The lowest BCUT2D eigenvalue weighted by molar-refractivity contribution is 0.167. The number of rotatable bonds is 7. The summed E-state index contributed by atoms with van der Waals surface area (Å²) in [4.78, 5) is 2.43. The molecule has 176 valence electrons. The number of hydrogen-bond acceptors (Lipinski definition) is 7. The van der Waals surface area contributed by atoms with E-state index in [1.807, 2.05) is 22.8 Å². The maximum Gasteiger partial charge on any atom is 0.249 e. The molecule has 0 bridgehead atoms. The average molecular weight is 499 g/mol. The molecule has 1 aliphatic heterocycles. The van der Waals surface area contributed by atoms with Crippen molar-refractivity contribution in [2.75, 3.05) is 13.1 Å². The van der Waals surface area contributed by atoms with E-state index in [-0.39, 0.29) is 11.9 Å². The van der Waals surface area contributed by atoms with Gasteiger partial charge in [-0.15, -0.1) is 20.4 Å². The van der Waals surface area contributed by atoms with Crippen LogP contribution in [-0.4, -0.2) is 43.0 Å². The zero-order valence-electron chi connectivity index (χ0n) is 18.7. The van der Waals surface area contributed by atoms with E-state index in [1.165, 1.54) is 43.2 Å². The molecule has 2 aromatic carbocycles. The largest absolute Gasteiger partial charge is 0.420 e. The van der Waals surface area contributed by atoms with Gasteiger partial charge < -0.3 is 4.42 Å². The van der Waals surface area contributed by atoms with Crippen molar-refractivity contribution >= 4 is 23.4 Å². The highest BCUT2D eigenvalue weighted by Crippen LogP contribution is 2.32. The molecular weight excluding hydrogens is 475 g/mol. The predicted molar refractivity (Wildman–Crippen MR) is 129 cm³/mol. The van der Waals surface area contributed by atoms with Gasteiger partial charge in [0.2, 0.25) is 11.8 Å². The molecule has 1 atom stereocenters. The summed E-state index contributed by atoms with van der Waals surface area (Å²) in [6.07, 6.45) is 3.62. The molecule has 1 aliphatic rings. The number of hydrogen-bond donors (Lipinski definition) is 0. The van der Waals surface area contributed by atoms with E-state index in [2.05, 4.69) is 32.2 Å². The summed E-state index contributed by atoms with van der Waals surface area (Å²) in [6, 6.07) is 13.8. The summed E-state index contributed by atoms with van der Waals surface area (Å²) < 4.78 is 21.5. The molecule has 4 aromatic rings. The van der Waals surface area contributed by atoms with Crippen LogP contribution >= 0.6 is 23.4 Å². The number of halogens is 2. The summed E-state index contributed by atoms with van der Waals surface area (Å²) in [7, 11) is 0. The molecule has 3 heterocycles. The summed E-state index contributed by atoms with van der Waals surface area (Å²) in [5.41, 5.74) is 1.51. The average Bonchev–Trinajstić information content (AvgIpc) is 3.51. The van der Waals surface area contributed by atoms with Gasteiger partial charge in [0.05, 0.1) is 22.4 Å². The molecule has 5 rings (SSSR count). The van der Waals surface area contributed by atoms with Crippen LogP contribution in [0.2, 0.25) is 5.02 Å². The van der Waals surface area contributed by atoms with Crippen molar-refractivity contribution in [3.05, 3.63) is 71.1 Å². The Morgan fingerprint density at radius 2 is 1.76 bits per heavy atom. The number of piperidine rings is 1. The van der Waals surface area contributed by atoms with Gasteiger partial charge in [0.1, 0.15) is 5.82 Å². The molecule has 0 saturated carbocycles. The van der Waals surface area contributed by atoms with Gasteiger partial charge in [-0.05, 0) is 69.3 Å². The second-order valence-electron chi connectivity index (χ2n) is 8.19. The van der Waals surface area contributed by atoms with Gasteiger partial charge in [-0.3, -0.25) is 9.47 Å². The molecule has 1 fully saturated rings. The predicted octanol–water partition coefficient (Wildman–Crippen LogP) is 5.95. The second kappa shape index (κ2) is 10.2. The number of aromatic nitrogens is 5. The van der Waals surface area contributed by atoms with Gasteiger partial charge in [-0.2, -0.15) is 0 Å². The quantitative estimate of drug-likeness (QED) is 0.291. The smallest absolute Gasteiger partial charge is 0.249 e. The Kier molecular flexibility index (Phi) is 6.94. The molecule has 0 amide bonds. The molecule has 0 radical (unpaired) electrons. The maximum absolute atomic E-state index is 13.6. The third-order valence-electron chi connectivity index (χ3n) is 5.95. The SMILES string of the molecule is C[C@H](c1nnc(SCc2nnc(-c3ccccc3Cl)o2)n1-c1ccc(F)cc1)N1CCCCC1. The lowest BCUT2D eigenvalue weighted by atomic mass is 10.1. The van der Waals surface area contributed by atoms with Crippen molar-refractivity contribution in [2.24, 2.45) is 0 Å². The minimum absolute atomic E-state index is 0.0856. The first kappa shape index (κ1) is 23.0. The van der Waals surface area contributed by atoms with Crippen molar-refractivity contribution in [2.45, 2.75) is 43.1 Å². The van der Waals surface area contributed by atoms with Gasteiger partial charge in [0.15, 0.2) is 11.0 Å². The molecule has 2 aromatic heterocycles. The van der Waals surface area contributed by atoms with Crippen molar-refractivity contribution in [3.63, 3.8) is 0 Å². The summed E-state index contributed by atoms with van der Waals surface area (Å²) in [5, 5.41) is 18.6. The normalized spacial score (nSPS) is 15.5. The zero-order valence-corrected chi connectivity index (χ0v) is 20.3. The Bertz CT molecular complexity index is 1250. The molecule has 7 nitrogen and oxygen atoms in total. The Morgan fingerprint density at radius 3 is 2.53 bits per heavy atom. The van der Waals surface area contributed by atoms with Crippen molar-refractivity contribution in [1.82, 2.24) is 29.9 Å². The van der Waals surface area contributed by atoms with Crippen LogP contribution in [0.3, 0.4) is 0 Å². The minimum Gasteiger partial charge on any atom is -0.420 e. The lowest BCUT2D eigenvalue weighted by Crippen LogP contribution is -2.33. The first-order valence-electron chi connectivity index (χ1n) is 11.3. The van der Waals surface area contributed by atoms with E-state index < -0.39 is 0 Å². The Labute approximate surface area is 206 Å². The van der Waals surface area contributed by atoms with Gasteiger partial charge in [0, 0.05) is 5.69 Å². The minimum atomic E-state index is -0.283. The summed E-state index contributed by atoms with van der Waals surface area (Å²) in [6.45, 7) is 4.22. The topological polar surface area (TPSA) is 72.9 Å². The van der Waals surface area contributed by atoms with E-state index in [1.54, 1.807) is 18.2 Å². The van der Waals surface area contributed by atoms with Crippen LogP contribution in [0.25, 0.3) is 17.1 Å². The van der Waals surface area contributed by atoms with Crippen LogP contribution in [0.4, 0.5) is 4.39 Å². The van der Waals surface area contributed by atoms with Crippen LogP contribution in [0.15, 0.2) is 58.1 Å². The fourth-order valence-corrected chi connectivity index (χ4v) is 5.14. The van der Waals surface area contributed by atoms with E-state index in [9.17, 15) is 4.39 Å². The Balaban J connectivity index is 1.41. The van der Waals surface area contributed by atoms with Crippen LogP contribution in [-0.2, 0) is 5.75 Å². The fourth-order valence-electron chi connectivity index (χ4n) is 4.13. The van der Waals surface area contributed by atoms with Crippen LogP contribution in [0.1, 0.15) is 43.9 Å². The monoisotopic (exact) mass is 498 g/mol. The highest BCUT2D eigenvalue weighted by Gasteiger charge is 2.26. The second-order valence-corrected chi connectivity index (χ2v) is 9.54. The molecular formula is C24H24ClFN6OS. The van der Waals surface area contributed by atoms with Crippen molar-refractivity contribution in [3.8, 4) is 17.1 Å². The highest BCUT2D eigenvalue weighted by molar-refractivity contribution is 7.98. The van der Waals surface area contributed by atoms with Gasteiger partial charge in [-0.1, -0.05) is 41.9 Å². The standard InChI is InChI=1S/C24H24ClFN6OS/c1-16(31-13-5-2-6-14-31)22-28-30-24(32(22)18-11-9-17(26)10-12-18)34-15-21-27-29-23(33-21)19-7-3-4-8-20(19)25/h3-4,7-12,16H,2,5-6,13-15H2,1H3/t16-/m1/s1. The lowest BCUT2D eigenvalue weighted by Gasteiger charge is -2.31. The van der Waals surface area contributed by atoms with E-state index in [0.29, 0.717) is 33.3 Å². The van der Waals surface area contributed by atoms with E-state index >= 15 is 0 Å². The van der Waals surface area contributed by atoms with Crippen LogP contribution in [0, 0.1) is 5.82 Å². The van der Waals surface area contributed by atoms with Gasteiger partial charge >= 0.3 is 0 Å². The molecule has 0 N–H and O–H groups in total. The molecule has 1 saturated heterocycles. The third-order valence-corrected chi connectivity index (χ3v) is 7.19. The number of nitrogens with zero attached hydrogens (tertiary/aromatic N) is 6. The van der Waals surface area contributed by atoms with Gasteiger partial charge in [0.25, 0.3) is 0 Å². The maximum atomic E-state index is 13.6. The van der Waals surface area contributed by atoms with Crippen molar-refractivity contribution in [1.29, 1.82) is 0 Å². The number of likely N-dealkylation sites (tertiary alicyclic amines) is 1. The summed E-state index contributed by atoms with van der Waals surface area (Å²) >= 11 is 7.70. The summed E-state index contributed by atoms with van der Waals surface area (Å²) in [5.74, 6) is 1.79. The number of benzene rings is 2. The Hall–Kier alpha value is -2.75. The van der Waals surface area contributed by atoms with Crippen LogP contribution < -0.4 is 0 Å². The van der Waals surface area contributed by atoms with E-state index in [0.717, 1.165) is 24.6 Å². The highest BCUT2D eigenvalue weighted by atomic mass is 35.5. The van der Waals surface area contributed by atoms with Crippen LogP contribution in [0.5, 0.6) is 0 Å². The van der Waals surface area contributed by atoms with Crippen molar-refractivity contribution < 1.29 is 8.81 Å². The Morgan fingerprint density at radius 1 is 1.00 bits per heavy atom. The zero-order chi connectivity index (χ0) is 23.5. The molecule has 0 unspecified atom stereocenters. The van der Waals surface area contributed by atoms with E-state index in [4.69, 9.17) is 16.0 Å².